The van der Waals surface area contributed by atoms with E-state index in [1.54, 1.807) is 7.05 Å². The lowest BCUT2D eigenvalue weighted by Gasteiger charge is -2.22. The minimum atomic E-state index is 0.170. The van der Waals surface area contributed by atoms with E-state index in [-0.39, 0.29) is 5.91 Å². The van der Waals surface area contributed by atoms with Gasteiger partial charge >= 0.3 is 0 Å². The Morgan fingerprint density at radius 2 is 1.95 bits per heavy atom. The molecule has 0 aromatic rings. The monoisotopic (exact) mass is 309 g/mol. The van der Waals surface area contributed by atoms with Crippen LogP contribution in [0, 0.1) is 5.92 Å². The third-order valence-electron chi connectivity index (χ3n) is 4.78. The zero-order chi connectivity index (χ0) is 16.1. The number of nitrogens with zero attached hydrogens (tertiary/aromatic N) is 3. The molecule has 2 aliphatic rings. The molecule has 22 heavy (non-hydrogen) atoms. The largest absolute Gasteiger partial charge is 0.352 e. The predicted octanol–water partition coefficient (Wildman–Crippen LogP) is 0.503. The quantitative estimate of drug-likeness (QED) is 0.586. The second-order valence-electron chi connectivity index (χ2n) is 6.79. The Balaban J connectivity index is 1.78. The van der Waals surface area contributed by atoms with Crippen LogP contribution in [0.1, 0.15) is 33.6 Å². The number of hydrogen-bond acceptors (Lipinski definition) is 3. The zero-order valence-corrected chi connectivity index (χ0v) is 14.4. The topological polar surface area (TPSA) is 60.0 Å². The van der Waals surface area contributed by atoms with Crippen molar-refractivity contribution in [3.8, 4) is 0 Å². The molecule has 2 unspecified atom stereocenters. The summed E-state index contributed by atoms with van der Waals surface area (Å²) >= 11 is 0. The van der Waals surface area contributed by atoms with Crippen molar-refractivity contribution < 1.29 is 4.79 Å². The van der Waals surface area contributed by atoms with Crippen LogP contribution in [-0.2, 0) is 4.79 Å². The first kappa shape index (κ1) is 17.1. The highest BCUT2D eigenvalue weighted by Gasteiger charge is 2.31. The van der Waals surface area contributed by atoms with Gasteiger partial charge in [0.25, 0.3) is 0 Å². The SMILES string of the molecule is CN=C(NCC(=O)N1CCCC1)NC1CN(C(C)C)CC1C. The summed E-state index contributed by atoms with van der Waals surface area (Å²) in [5.74, 6) is 1.48. The molecule has 0 bridgehead atoms. The molecule has 0 radical (unpaired) electrons. The number of guanidine groups is 1. The van der Waals surface area contributed by atoms with Gasteiger partial charge in [0.05, 0.1) is 6.54 Å². The molecule has 2 aliphatic heterocycles. The van der Waals surface area contributed by atoms with Crippen molar-refractivity contribution in [3.63, 3.8) is 0 Å². The molecule has 2 atom stereocenters. The van der Waals surface area contributed by atoms with E-state index >= 15 is 0 Å². The fourth-order valence-corrected chi connectivity index (χ4v) is 3.22. The highest BCUT2D eigenvalue weighted by molar-refractivity contribution is 5.86. The summed E-state index contributed by atoms with van der Waals surface area (Å²) in [4.78, 5) is 20.7. The van der Waals surface area contributed by atoms with E-state index in [2.05, 4.69) is 41.3 Å². The van der Waals surface area contributed by atoms with Gasteiger partial charge in [0, 0.05) is 45.3 Å². The number of rotatable bonds is 4. The summed E-state index contributed by atoms with van der Waals surface area (Å²) in [5, 5.41) is 6.64. The van der Waals surface area contributed by atoms with Crippen molar-refractivity contribution in [2.45, 2.75) is 45.7 Å². The van der Waals surface area contributed by atoms with E-state index in [1.165, 1.54) is 0 Å². The molecule has 2 N–H and O–H groups in total. The maximum absolute atomic E-state index is 12.1. The van der Waals surface area contributed by atoms with Crippen LogP contribution in [0.15, 0.2) is 4.99 Å². The van der Waals surface area contributed by atoms with Gasteiger partial charge in [-0.15, -0.1) is 0 Å². The minimum Gasteiger partial charge on any atom is -0.352 e. The minimum absolute atomic E-state index is 0.170. The van der Waals surface area contributed by atoms with Gasteiger partial charge in [-0.05, 0) is 32.6 Å². The van der Waals surface area contributed by atoms with Gasteiger partial charge in [0.1, 0.15) is 0 Å². The highest BCUT2D eigenvalue weighted by atomic mass is 16.2. The van der Waals surface area contributed by atoms with Gasteiger partial charge < -0.3 is 15.5 Å². The van der Waals surface area contributed by atoms with E-state index in [4.69, 9.17) is 0 Å². The third kappa shape index (κ3) is 4.35. The number of aliphatic imine (C=N–C) groups is 1. The van der Waals surface area contributed by atoms with Crippen LogP contribution in [0.2, 0.25) is 0 Å². The molecular weight excluding hydrogens is 278 g/mol. The Bertz CT molecular complexity index is 403. The lowest BCUT2D eigenvalue weighted by molar-refractivity contribution is -0.128. The van der Waals surface area contributed by atoms with E-state index in [9.17, 15) is 4.79 Å². The van der Waals surface area contributed by atoms with Crippen LogP contribution >= 0.6 is 0 Å². The smallest absolute Gasteiger partial charge is 0.241 e. The van der Waals surface area contributed by atoms with Crippen LogP contribution in [0.3, 0.4) is 0 Å². The molecule has 6 nitrogen and oxygen atoms in total. The lowest BCUT2D eigenvalue weighted by atomic mass is 10.1. The summed E-state index contributed by atoms with van der Waals surface area (Å²) < 4.78 is 0. The zero-order valence-electron chi connectivity index (χ0n) is 14.4. The number of carbonyl (C=O) groups excluding carboxylic acids is 1. The fraction of sp³-hybridized carbons (Fsp3) is 0.875. The molecule has 2 rings (SSSR count). The Morgan fingerprint density at radius 1 is 1.27 bits per heavy atom. The molecule has 126 valence electrons. The maximum Gasteiger partial charge on any atom is 0.241 e. The third-order valence-corrected chi connectivity index (χ3v) is 4.78. The lowest BCUT2D eigenvalue weighted by Crippen LogP contribution is -2.49. The van der Waals surface area contributed by atoms with Gasteiger partial charge in [-0.2, -0.15) is 0 Å². The second-order valence-corrected chi connectivity index (χ2v) is 6.79. The summed E-state index contributed by atoms with van der Waals surface area (Å²) in [7, 11) is 1.76. The Kier molecular flexibility index (Phi) is 6.06. The molecule has 0 spiro atoms. The molecule has 6 heteroatoms. The standard InChI is InChI=1S/C16H31N5O/c1-12(2)21-10-13(3)14(11-21)19-16(17-4)18-9-15(22)20-7-5-6-8-20/h12-14H,5-11H2,1-4H3,(H2,17,18,19). The first-order chi connectivity index (χ1) is 10.5. The molecule has 1 amide bonds. The van der Waals surface area contributed by atoms with Crippen molar-refractivity contribution in [3.05, 3.63) is 0 Å². The summed E-state index contributed by atoms with van der Waals surface area (Å²) in [6.07, 6.45) is 2.26. The van der Waals surface area contributed by atoms with E-state index in [0.29, 0.717) is 24.5 Å². The Labute approximate surface area is 134 Å². The predicted molar refractivity (Wildman–Crippen MR) is 90.0 cm³/mol. The Hall–Kier alpha value is -1.30. The van der Waals surface area contributed by atoms with E-state index in [0.717, 1.165) is 45.0 Å². The van der Waals surface area contributed by atoms with Crippen molar-refractivity contribution in [2.24, 2.45) is 10.9 Å². The van der Waals surface area contributed by atoms with Crippen molar-refractivity contribution in [1.82, 2.24) is 20.4 Å². The van der Waals surface area contributed by atoms with Crippen LogP contribution in [0.4, 0.5) is 0 Å². The van der Waals surface area contributed by atoms with Crippen LogP contribution < -0.4 is 10.6 Å². The van der Waals surface area contributed by atoms with E-state index in [1.807, 2.05) is 4.90 Å². The number of likely N-dealkylation sites (tertiary alicyclic amines) is 2. The van der Waals surface area contributed by atoms with Gasteiger partial charge in [-0.25, -0.2) is 0 Å². The van der Waals surface area contributed by atoms with Crippen molar-refractivity contribution in [2.75, 3.05) is 39.8 Å². The molecule has 2 fully saturated rings. The number of amides is 1. The summed E-state index contributed by atoms with van der Waals surface area (Å²) in [6, 6.07) is 0.955. The van der Waals surface area contributed by atoms with Gasteiger partial charge in [0.15, 0.2) is 5.96 Å². The molecule has 2 heterocycles. The van der Waals surface area contributed by atoms with Crippen LogP contribution in [0.5, 0.6) is 0 Å². The number of nitrogens with one attached hydrogen (secondary N) is 2. The first-order valence-corrected chi connectivity index (χ1v) is 8.50. The van der Waals surface area contributed by atoms with Crippen molar-refractivity contribution >= 4 is 11.9 Å². The average Bonchev–Trinajstić information content (AvgIpc) is 3.13. The van der Waals surface area contributed by atoms with Crippen LogP contribution in [-0.4, -0.2) is 73.5 Å². The Morgan fingerprint density at radius 3 is 2.50 bits per heavy atom. The van der Waals surface area contributed by atoms with Gasteiger partial charge in [-0.3, -0.25) is 14.7 Å². The molecule has 0 aromatic carbocycles. The average molecular weight is 309 g/mol. The van der Waals surface area contributed by atoms with Crippen LogP contribution in [0.25, 0.3) is 0 Å². The second kappa shape index (κ2) is 7.81. The molecule has 0 saturated carbocycles. The molecule has 2 saturated heterocycles. The molecular formula is C16H31N5O. The highest BCUT2D eigenvalue weighted by Crippen LogP contribution is 2.18. The first-order valence-electron chi connectivity index (χ1n) is 8.50. The van der Waals surface area contributed by atoms with E-state index < -0.39 is 0 Å². The maximum atomic E-state index is 12.1. The normalized spacial score (nSPS) is 26.8. The molecule has 0 aromatic heterocycles. The fourth-order valence-electron chi connectivity index (χ4n) is 3.22. The summed E-state index contributed by atoms with van der Waals surface area (Å²) in [5.41, 5.74) is 0. The van der Waals surface area contributed by atoms with Gasteiger partial charge in [-0.1, -0.05) is 6.92 Å². The molecule has 0 aliphatic carbocycles. The van der Waals surface area contributed by atoms with Gasteiger partial charge in [0.2, 0.25) is 5.91 Å². The summed E-state index contributed by atoms with van der Waals surface area (Å²) in [6.45, 7) is 11.0. The number of carbonyl (C=O) groups is 1. The number of hydrogen-bond donors (Lipinski definition) is 2. The van der Waals surface area contributed by atoms with Crippen molar-refractivity contribution in [1.29, 1.82) is 0 Å².